The number of rotatable bonds is 2. The van der Waals surface area contributed by atoms with Crippen LogP contribution < -0.4 is 0 Å². The van der Waals surface area contributed by atoms with Crippen molar-refractivity contribution >= 4 is 8.58 Å². The van der Waals surface area contributed by atoms with Crippen molar-refractivity contribution in [1.29, 1.82) is 0 Å². The lowest BCUT2D eigenvalue weighted by molar-refractivity contribution is 0.322. The summed E-state index contributed by atoms with van der Waals surface area (Å²) >= 11 is 0. The van der Waals surface area contributed by atoms with Crippen molar-refractivity contribution in [3.05, 3.63) is 0 Å². The van der Waals surface area contributed by atoms with Gasteiger partial charge in [0.25, 0.3) is 0 Å². The maximum atomic E-state index is 8.06. The fraction of sp³-hybridized carbons (Fsp3) is 1.00. The topological polar surface area (TPSA) is 20.2 Å². The Hall–Kier alpha value is 0.390. The van der Waals surface area contributed by atoms with Gasteiger partial charge in [-0.1, -0.05) is 8.58 Å². The summed E-state index contributed by atoms with van der Waals surface area (Å²) in [6.07, 6.45) is 0.917. The first kappa shape index (κ1) is 5.39. The molecule has 0 atom stereocenters. The highest BCUT2D eigenvalue weighted by Crippen LogP contribution is 1.96. The van der Waals surface area contributed by atoms with E-state index in [-0.39, 0.29) is 0 Å². The third kappa shape index (κ3) is 4.39. The van der Waals surface area contributed by atoms with E-state index in [1.165, 1.54) is 8.58 Å². The summed E-state index contributed by atoms with van der Waals surface area (Å²) in [4.78, 5) is 0. The second-order valence-electron chi connectivity index (χ2n) is 0.763. The monoisotopic (exact) mass is 91.0 g/mol. The number of hydrogen-bond acceptors (Lipinski definition) is 1. The molecule has 0 saturated carbocycles. The Morgan fingerprint density at radius 2 is 2.40 bits per heavy atom. The second kappa shape index (κ2) is 4.39. The number of hydrogen-bond donors (Lipinski definition) is 1. The van der Waals surface area contributed by atoms with E-state index in [0.717, 1.165) is 6.16 Å². The lowest BCUT2D eigenvalue weighted by atomic mass is 10.9. The van der Waals surface area contributed by atoms with Crippen LogP contribution in [0.2, 0.25) is 0 Å². The van der Waals surface area contributed by atoms with E-state index < -0.39 is 0 Å². The molecule has 2 heteroatoms. The molecule has 0 aliphatic rings. The van der Waals surface area contributed by atoms with E-state index in [4.69, 9.17) is 5.11 Å². The van der Waals surface area contributed by atoms with Gasteiger partial charge in [-0.3, -0.25) is 0 Å². The van der Waals surface area contributed by atoms with Crippen molar-refractivity contribution in [2.24, 2.45) is 0 Å². The van der Waals surface area contributed by atoms with E-state index >= 15 is 0 Å². The molecule has 1 radical (unpaired) electrons. The third-order valence-electron chi connectivity index (χ3n) is 0.324. The van der Waals surface area contributed by atoms with E-state index in [1.807, 2.05) is 6.66 Å². The summed E-state index contributed by atoms with van der Waals surface area (Å²) in [6.45, 7) is 2.36. The van der Waals surface area contributed by atoms with Gasteiger partial charge >= 0.3 is 0 Å². The summed E-state index contributed by atoms with van der Waals surface area (Å²) in [5.41, 5.74) is 0. The summed E-state index contributed by atoms with van der Waals surface area (Å²) < 4.78 is 0. The van der Waals surface area contributed by atoms with Gasteiger partial charge in [0.1, 0.15) is 0 Å². The number of aliphatic hydroxyl groups is 1. The van der Waals surface area contributed by atoms with Gasteiger partial charge in [0.15, 0.2) is 0 Å². The highest BCUT2D eigenvalue weighted by atomic mass is 31.1. The predicted octanol–water partition coefficient (Wildman–Crippen LogP) is 0.555. The summed E-state index contributed by atoms with van der Waals surface area (Å²) in [6, 6.07) is 0. The molecule has 0 bridgehead atoms. The summed E-state index contributed by atoms with van der Waals surface area (Å²) in [5, 5.41) is 8.06. The quantitative estimate of drug-likeness (QED) is 0.492. The van der Waals surface area contributed by atoms with E-state index in [9.17, 15) is 0 Å². The Balaban J connectivity index is 2.19. The van der Waals surface area contributed by atoms with Gasteiger partial charge in [-0.05, 0) is 12.8 Å². The van der Waals surface area contributed by atoms with Gasteiger partial charge in [0.2, 0.25) is 0 Å². The molecule has 0 aromatic rings. The molecule has 1 N–H and O–H groups in total. The lowest BCUT2D eigenvalue weighted by Gasteiger charge is -1.79. The van der Waals surface area contributed by atoms with Crippen molar-refractivity contribution in [3.8, 4) is 0 Å². The molecule has 5 heavy (non-hydrogen) atoms. The van der Waals surface area contributed by atoms with Crippen molar-refractivity contribution in [2.45, 2.75) is 0 Å². The van der Waals surface area contributed by atoms with Gasteiger partial charge in [0.05, 0.1) is 0 Å². The Morgan fingerprint density at radius 1 is 1.80 bits per heavy atom. The third-order valence-corrected chi connectivity index (χ3v) is 0.971. The first-order valence-corrected chi connectivity index (χ1v) is 3.11. The van der Waals surface area contributed by atoms with Gasteiger partial charge in [-0.25, -0.2) is 0 Å². The maximum absolute atomic E-state index is 8.06. The van der Waals surface area contributed by atoms with Crippen LogP contribution in [0.4, 0.5) is 0 Å². The minimum atomic E-state index is 0.331. The fourth-order valence-electron chi connectivity index (χ4n) is 0.1000. The molecule has 0 heterocycles. The van der Waals surface area contributed by atoms with Crippen LogP contribution in [0.5, 0.6) is 0 Å². The van der Waals surface area contributed by atoms with Crippen molar-refractivity contribution in [1.82, 2.24) is 0 Å². The average Bonchev–Trinajstić information content (AvgIpc) is 1.41. The van der Waals surface area contributed by atoms with Crippen LogP contribution in [0.15, 0.2) is 0 Å². The lowest BCUT2D eigenvalue weighted by Crippen LogP contribution is -1.79. The normalized spacial score (nSPS) is 10.8. The molecule has 0 saturated heterocycles. The fourth-order valence-corrected chi connectivity index (χ4v) is 0.300. The van der Waals surface area contributed by atoms with Gasteiger partial charge in [-0.15, -0.1) is 0 Å². The number of aliphatic hydroxyl groups excluding tert-OH is 1. The highest BCUT2D eigenvalue weighted by Gasteiger charge is 1.69. The van der Waals surface area contributed by atoms with Crippen LogP contribution in [0.1, 0.15) is 0 Å². The Morgan fingerprint density at radius 3 is 2.40 bits per heavy atom. The predicted molar refractivity (Wildman–Crippen MR) is 24.8 cm³/mol. The Bertz CT molecular complexity index is 14.4. The molecule has 0 aromatic carbocycles. The van der Waals surface area contributed by atoms with Crippen LogP contribution in [0, 0.1) is 0 Å². The first-order chi connectivity index (χ1) is 2.41. The molecular formula is C3H8OP. The standard InChI is InChI=1S/C3H8OP/c1-5-3-2-4/h4H,2-3H2,1H3. The molecule has 1 nitrogen and oxygen atoms in total. The van der Waals surface area contributed by atoms with Crippen LogP contribution in [0.3, 0.4) is 0 Å². The molecule has 0 rings (SSSR count). The minimum absolute atomic E-state index is 0.331. The molecule has 0 aliphatic heterocycles. The highest BCUT2D eigenvalue weighted by molar-refractivity contribution is 7.36. The van der Waals surface area contributed by atoms with Crippen molar-refractivity contribution < 1.29 is 5.11 Å². The van der Waals surface area contributed by atoms with Gasteiger partial charge in [0, 0.05) is 6.61 Å². The largest absolute Gasteiger partial charge is 0.396 e. The summed E-state index contributed by atoms with van der Waals surface area (Å²) in [7, 11) is 1.28. The van der Waals surface area contributed by atoms with Crippen molar-refractivity contribution in [3.63, 3.8) is 0 Å². The maximum Gasteiger partial charge on any atom is 0.0473 e. The molecule has 0 aliphatic carbocycles. The SMILES string of the molecule is C[P]CCO. The Labute approximate surface area is 34.2 Å². The van der Waals surface area contributed by atoms with Crippen LogP contribution in [-0.4, -0.2) is 24.5 Å². The molecule has 0 amide bonds. The average molecular weight is 91.1 g/mol. The molecular weight excluding hydrogens is 83.0 g/mol. The van der Waals surface area contributed by atoms with Crippen LogP contribution in [-0.2, 0) is 0 Å². The zero-order chi connectivity index (χ0) is 4.12. The van der Waals surface area contributed by atoms with Crippen molar-refractivity contribution in [2.75, 3.05) is 19.4 Å². The zero-order valence-electron chi connectivity index (χ0n) is 3.31. The smallest absolute Gasteiger partial charge is 0.0473 e. The van der Waals surface area contributed by atoms with Gasteiger partial charge < -0.3 is 5.11 Å². The van der Waals surface area contributed by atoms with Crippen LogP contribution >= 0.6 is 8.58 Å². The molecule has 31 valence electrons. The molecule has 0 aromatic heterocycles. The minimum Gasteiger partial charge on any atom is -0.396 e. The molecule has 0 fully saturated rings. The van der Waals surface area contributed by atoms with Crippen LogP contribution in [0.25, 0.3) is 0 Å². The van der Waals surface area contributed by atoms with E-state index in [0.29, 0.717) is 6.61 Å². The van der Waals surface area contributed by atoms with E-state index in [1.54, 1.807) is 0 Å². The van der Waals surface area contributed by atoms with Gasteiger partial charge in [-0.2, -0.15) is 0 Å². The molecule has 0 spiro atoms. The Kier molecular flexibility index (Phi) is 4.73. The van der Waals surface area contributed by atoms with E-state index in [2.05, 4.69) is 0 Å². The second-order valence-corrected chi connectivity index (χ2v) is 1.84. The zero-order valence-corrected chi connectivity index (χ0v) is 4.20. The molecule has 0 unspecified atom stereocenters. The summed E-state index contributed by atoms with van der Waals surface area (Å²) in [5.74, 6) is 0. The first-order valence-electron chi connectivity index (χ1n) is 1.58.